The third-order valence-corrected chi connectivity index (χ3v) is 3.00. The van der Waals surface area contributed by atoms with Gasteiger partial charge in [0.05, 0.1) is 0 Å². The molecule has 0 aliphatic heterocycles. The van der Waals surface area contributed by atoms with Gasteiger partial charge in [-0.25, -0.2) is 0 Å². The first kappa shape index (κ1) is 14.5. The van der Waals surface area contributed by atoms with E-state index < -0.39 is 0 Å². The average molecular weight is 262 g/mol. The predicted octanol–water partition coefficient (Wildman–Crippen LogP) is 4.91. The van der Waals surface area contributed by atoms with E-state index in [4.69, 9.17) is 9.05 Å². The topological polar surface area (TPSA) is 18.5 Å². The van der Waals surface area contributed by atoms with Crippen molar-refractivity contribution >= 4 is 9.03 Å². The highest BCUT2D eigenvalue weighted by molar-refractivity contribution is 7.27. The van der Waals surface area contributed by atoms with Gasteiger partial charge in [0.2, 0.25) is 0 Å². The van der Waals surface area contributed by atoms with Crippen molar-refractivity contribution in [2.75, 3.05) is 0 Å². The monoisotopic (exact) mass is 262 g/mol. The van der Waals surface area contributed by atoms with Crippen LogP contribution in [0.1, 0.15) is 18.6 Å². The van der Waals surface area contributed by atoms with Crippen molar-refractivity contribution in [1.82, 2.24) is 0 Å². The van der Waals surface area contributed by atoms with Crippen molar-refractivity contribution in [3.63, 3.8) is 0 Å². The Labute approximate surface area is 111 Å². The number of rotatable bonds is 4. The van der Waals surface area contributed by atoms with Crippen LogP contribution < -0.4 is 9.05 Å². The van der Waals surface area contributed by atoms with Gasteiger partial charge in [0, 0.05) is 0 Å². The van der Waals surface area contributed by atoms with Crippen LogP contribution in [-0.2, 0) is 0 Å². The Hall–Kier alpha value is -1.53. The molecule has 0 fully saturated rings. The highest BCUT2D eigenvalue weighted by atomic mass is 31.1. The first-order chi connectivity index (χ1) is 8.24. The van der Waals surface area contributed by atoms with Crippen LogP contribution in [0.25, 0.3) is 0 Å². The van der Waals surface area contributed by atoms with Crippen LogP contribution in [0, 0.1) is 13.8 Å². The van der Waals surface area contributed by atoms with Crippen LogP contribution in [0.5, 0.6) is 11.5 Å². The van der Waals surface area contributed by atoms with E-state index in [9.17, 15) is 0 Å². The van der Waals surface area contributed by atoms with Gasteiger partial charge in [-0.1, -0.05) is 42.8 Å². The lowest BCUT2D eigenvalue weighted by molar-refractivity contribution is 0.515. The Bertz CT molecular complexity index is 417. The van der Waals surface area contributed by atoms with E-state index in [-0.39, 0.29) is 16.5 Å². The van der Waals surface area contributed by atoms with E-state index >= 15 is 0 Å². The number of aryl methyl sites for hydroxylation is 2. The summed E-state index contributed by atoms with van der Waals surface area (Å²) in [7, 11) is -0.0193. The van der Waals surface area contributed by atoms with Crippen molar-refractivity contribution in [1.29, 1.82) is 0 Å². The molecule has 0 amide bonds. The zero-order valence-electron chi connectivity index (χ0n) is 9.94. The molecule has 2 rings (SSSR count). The van der Waals surface area contributed by atoms with Gasteiger partial charge in [0.25, 0.3) is 9.03 Å². The molecule has 96 valence electrons. The molecule has 0 atom stereocenters. The molecule has 0 aromatic heterocycles. The maximum Gasteiger partial charge on any atom is 0.275 e. The molecule has 0 N–H and O–H groups in total. The zero-order chi connectivity index (χ0) is 12.1. The molecule has 0 aliphatic rings. The molecule has 0 spiro atoms. The van der Waals surface area contributed by atoms with Crippen LogP contribution in [0.3, 0.4) is 0 Å². The second kappa shape index (κ2) is 7.03. The second-order valence-electron chi connectivity index (χ2n) is 3.91. The van der Waals surface area contributed by atoms with Crippen LogP contribution in [0.4, 0.5) is 0 Å². The normalized spacial score (nSPS) is 9.44. The molecular formula is C15H19O2P. The fraction of sp³-hybridized carbons (Fsp3) is 0.200. The minimum atomic E-state index is -0.0193. The van der Waals surface area contributed by atoms with Gasteiger partial charge in [-0.15, -0.1) is 0 Å². The first-order valence-corrected chi connectivity index (χ1v) is 6.28. The van der Waals surface area contributed by atoms with Gasteiger partial charge < -0.3 is 9.05 Å². The fourth-order valence-electron chi connectivity index (χ4n) is 1.33. The summed E-state index contributed by atoms with van der Waals surface area (Å²) in [4.78, 5) is 0. The van der Waals surface area contributed by atoms with Crippen molar-refractivity contribution in [2.45, 2.75) is 21.3 Å². The molecule has 18 heavy (non-hydrogen) atoms. The molecule has 0 saturated heterocycles. The van der Waals surface area contributed by atoms with Crippen LogP contribution in [-0.4, -0.2) is 0 Å². The van der Waals surface area contributed by atoms with E-state index in [1.165, 1.54) is 11.1 Å². The third-order valence-electron chi connectivity index (χ3n) is 2.36. The Morgan fingerprint density at radius 1 is 0.667 bits per heavy atom. The van der Waals surface area contributed by atoms with Crippen molar-refractivity contribution < 1.29 is 9.05 Å². The lowest BCUT2D eigenvalue weighted by Gasteiger charge is -2.07. The Morgan fingerprint density at radius 3 is 1.33 bits per heavy atom. The summed E-state index contributed by atoms with van der Waals surface area (Å²) >= 11 is 0. The zero-order valence-corrected chi connectivity index (χ0v) is 10.9. The van der Waals surface area contributed by atoms with E-state index in [0.29, 0.717) is 0 Å². The van der Waals surface area contributed by atoms with Crippen LogP contribution in [0.2, 0.25) is 0 Å². The smallest absolute Gasteiger partial charge is 0.275 e. The Kier molecular flexibility index (Phi) is 5.67. The van der Waals surface area contributed by atoms with Gasteiger partial charge in [0.15, 0.2) is 0 Å². The summed E-state index contributed by atoms with van der Waals surface area (Å²) in [6.07, 6.45) is 0. The SMILES string of the molecule is C.Cc1ccc(OPOc2ccc(C)cc2)cc1. The van der Waals surface area contributed by atoms with Gasteiger partial charge in [0.1, 0.15) is 11.5 Å². The average Bonchev–Trinajstić information content (AvgIpc) is 2.34. The maximum absolute atomic E-state index is 5.50. The number of hydrogen-bond donors (Lipinski definition) is 0. The van der Waals surface area contributed by atoms with Gasteiger partial charge >= 0.3 is 0 Å². The third kappa shape index (κ3) is 4.38. The van der Waals surface area contributed by atoms with Crippen LogP contribution >= 0.6 is 9.03 Å². The molecule has 0 saturated carbocycles. The largest absolute Gasteiger partial charge is 0.441 e. The molecule has 0 aliphatic carbocycles. The number of hydrogen-bond acceptors (Lipinski definition) is 2. The molecule has 3 heteroatoms. The molecule has 2 nitrogen and oxygen atoms in total. The minimum Gasteiger partial charge on any atom is -0.441 e. The lowest BCUT2D eigenvalue weighted by Crippen LogP contribution is -1.85. The molecule has 0 radical (unpaired) electrons. The molecule has 2 aromatic carbocycles. The quantitative estimate of drug-likeness (QED) is 0.729. The van der Waals surface area contributed by atoms with Gasteiger partial charge in [-0.2, -0.15) is 0 Å². The van der Waals surface area contributed by atoms with Gasteiger partial charge in [-0.05, 0) is 38.1 Å². The Balaban J connectivity index is 0.00000162. The number of benzene rings is 2. The second-order valence-corrected chi connectivity index (χ2v) is 4.49. The van der Waals surface area contributed by atoms with E-state index in [1.807, 2.05) is 48.5 Å². The summed E-state index contributed by atoms with van der Waals surface area (Å²) in [6, 6.07) is 15.9. The van der Waals surface area contributed by atoms with E-state index in [0.717, 1.165) is 11.5 Å². The summed E-state index contributed by atoms with van der Waals surface area (Å²) in [6.45, 7) is 4.10. The highest BCUT2D eigenvalue weighted by Gasteiger charge is 1.96. The standard InChI is InChI=1S/C14H15O2P.CH4/c1-11-3-7-13(8-4-11)15-17-16-14-9-5-12(2)6-10-14;/h3-10,17H,1-2H3;1H4. The summed E-state index contributed by atoms with van der Waals surface area (Å²) in [5.41, 5.74) is 2.44. The molecule has 0 unspecified atom stereocenters. The molecule has 0 bridgehead atoms. The Morgan fingerprint density at radius 2 is 1.00 bits per heavy atom. The van der Waals surface area contributed by atoms with Crippen molar-refractivity contribution in [3.05, 3.63) is 59.7 Å². The van der Waals surface area contributed by atoms with Gasteiger partial charge in [-0.3, -0.25) is 0 Å². The highest BCUT2D eigenvalue weighted by Crippen LogP contribution is 2.25. The minimum absolute atomic E-state index is 0. The molecular weight excluding hydrogens is 243 g/mol. The summed E-state index contributed by atoms with van der Waals surface area (Å²) in [5.74, 6) is 1.67. The first-order valence-electron chi connectivity index (χ1n) is 5.46. The van der Waals surface area contributed by atoms with Crippen LogP contribution in [0.15, 0.2) is 48.5 Å². The summed E-state index contributed by atoms with van der Waals surface area (Å²) < 4.78 is 11.0. The fourth-order valence-corrected chi connectivity index (χ4v) is 1.84. The van der Waals surface area contributed by atoms with Crippen molar-refractivity contribution in [2.24, 2.45) is 0 Å². The molecule has 0 heterocycles. The van der Waals surface area contributed by atoms with Crippen molar-refractivity contribution in [3.8, 4) is 11.5 Å². The van der Waals surface area contributed by atoms with E-state index in [2.05, 4.69) is 13.8 Å². The van der Waals surface area contributed by atoms with E-state index in [1.54, 1.807) is 0 Å². The molecule has 2 aromatic rings. The summed E-state index contributed by atoms with van der Waals surface area (Å²) in [5, 5.41) is 0. The maximum atomic E-state index is 5.50. The lowest BCUT2D eigenvalue weighted by atomic mass is 10.2. The predicted molar refractivity (Wildman–Crippen MR) is 78.7 cm³/mol.